The van der Waals surface area contributed by atoms with Crippen molar-refractivity contribution in [1.29, 1.82) is 0 Å². The number of halogens is 3. The molecule has 0 aliphatic heterocycles. The van der Waals surface area contributed by atoms with E-state index in [0.717, 1.165) is 0 Å². The van der Waals surface area contributed by atoms with Gasteiger partial charge in [0.15, 0.2) is 5.75 Å². The van der Waals surface area contributed by atoms with Gasteiger partial charge in [0.1, 0.15) is 17.5 Å². The van der Waals surface area contributed by atoms with Crippen molar-refractivity contribution in [2.45, 2.75) is 46.1 Å². The zero-order valence-electron chi connectivity index (χ0n) is 17.5. The molecule has 9 heteroatoms. The summed E-state index contributed by atoms with van der Waals surface area (Å²) in [6, 6.07) is 5.77. The third kappa shape index (κ3) is 6.60. The number of hydrogen-bond donors (Lipinski definition) is 3. The van der Waals surface area contributed by atoms with Crippen LogP contribution in [0.2, 0.25) is 5.02 Å². The molecule has 0 aliphatic rings. The Bertz CT molecular complexity index is 971. The van der Waals surface area contributed by atoms with Crippen LogP contribution in [0.25, 0.3) is 0 Å². The van der Waals surface area contributed by atoms with Crippen LogP contribution in [-0.4, -0.2) is 28.1 Å². The predicted molar refractivity (Wildman–Crippen MR) is 127 cm³/mol. The number of phenolic OH excluding ortho intramolecular Hbond substituents is 1. The van der Waals surface area contributed by atoms with E-state index in [-0.39, 0.29) is 34.9 Å². The molecular weight excluding hydrogens is 554 g/mol. The lowest BCUT2D eigenvalue weighted by atomic mass is 10.0. The molecule has 6 nitrogen and oxygen atoms in total. The summed E-state index contributed by atoms with van der Waals surface area (Å²) in [5.41, 5.74) is 1.34. The van der Waals surface area contributed by atoms with E-state index < -0.39 is 12.0 Å². The number of hydrogen-bond acceptors (Lipinski definition) is 4. The molecule has 0 fully saturated rings. The Hall–Kier alpha value is -1.77. The number of aromatic hydroxyl groups is 1. The van der Waals surface area contributed by atoms with Gasteiger partial charge in [-0.2, -0.15) is 0 Å². The number of amides is 1. The van der Waals surface area contributed by atoms with Crippen LogP contribution in [0.5, 0.6) is 17.2 Å². The summed E-state index contributed by atoms with van der Waals surface area (Å²) in [4.78, 5) is 23.6. The van der Waals surface area contributed by atoms with Crippen molar-refractivity contribution in [3.63, 3.8) is 0 Å². The second-order valence-corrected chi connectivity index (χ2v) is 9.91. The van der Waals surface area contributed by atoms with Crippen molar-refractivity contribution in [2.75, 3.05) is 0 Å². The minimum atomic E-state index is -1.07. The van der Waals surface area contributed by atoms with Crippen molar-refractivity contribution in [1.82, 2.24) is 5.32 Å². The zero-order valence-corrected chi connectivity index (χ0v) is 21.4. The predicted octanol–water partition coefficient (Wildman–Crippen LogP) is 6.25. The highest BCUT2D eigenvalue weighted by atomic mass is 79.9. The zero-order chi connectivity index (χ0) is 23.5. The monoisotopic (exact) mass is 575 g/mol. The second kappa shape index (κ2) is 10.7. The normalized spacial score (nSPS) is 12.2. The first-order valence-electron chi connectivity index (χ1n) is 9.61. The first kappa shape index (κ1) is 25.5. The molecule has 3 N–H and O–H groups in total. The summed E-state index contributed by atoms with van der Waals surface area (Å²) in [6.45, 7) is 7.35. The van der Waals surface area contributed by atoms with Gasteiger partial charge in [0.25, 0.3) is 0 Å². The number of aliphatic carboxylic acids is 1. The molecule has 31 heavy (non-hydrogen) atoms. The fraction of sp³-hybridized carbons (Fsp3) is 0.364. The van der Waals surface area contributed by atoms with Gasteiger partial charge < -0.3 is 20.3 Å². The van der Waals surface area contributed by atoms with E-state index in [1.165, 1.54) is 6.07 Å². The number of ether oxygens (including phenoxy) is 1. The number of phenols is 1. The van der Waals surface area contributed by atoms with E-state index in [1.54, 1.807) is 32.0 Å². The molecule has 0 heterocycles. The highest BCUT2D eigenvalue weighted by Gasteiger charge is 2.24. The van der Waals surface area contributed by atoms with Gasteiger partial charge in [-0.25, -0.2) is 4.79 Å². The van der Waals surface area contributed by atoms with Crippen molar-refractivity contribution < 1.29 is 24.5 Å². The Labute approximate surface area is 203 Å². The smallest absolute Gasteiger partial charge is 0.326 e. The van der Waals surface area contributed by atoms with Gasteiger partial charge >= 0.3 is 5.97 Å². The highest BCUT2D eigenvalue weighted by molar-refractivity contribution is 9.11. The Balaban J connectivity index is 2.23. The molecule has 2 aromatic rings. The first-order chi connectivity index (χ1) is 14.4. The largest absolute Gasteiger partial charge is 0.506 e. The van der Waals surface area contributed by atoms with Crippen molar-refractivity contribution in [2.24, 2.45) is 5.92 Å². The third-order valence-corrected chi connectivity index (χ3v) is 6.05. The molecule has 168 valence electrons. The van der Waals surface area contributed by atoms with Crippen LogP contribution in [0.1, 0.15) is 44.7 Å². The second-order valence-electron chi connectivity index (χ2n) is 7.79. The Morgan fingerprint density at radius 2 is 1.68 bits per heavy atom. The average molecular weight is 578 g/mol. The molecule has 0 aliphatic carbocycles. The lowest BCUT2D eigenvalue weighted by molar-refractivity contribution is -0.143. The van der Waals surface area contributed by atoms with E-state index in [2.05, 4.69) is 37.2 Å². The minimum Gasteiger partial charge on any atom is -0.506 e. The van der Waals surface area contributed by atoms with E-state index in [1.807, 2.05) is 13.8 Å². The third-order valence-electron chi connectivity index (χ3n) is 4.58. The van der Waals surface area contributed by atoms with Crippen LogP contribution in [0, 0.1) is 5.92 Å². The number of benzene rings is 2. The van der Waals surface area contributed by atoms with Crippen molar-refractivity contribution >= 4 is 55.3 Å². The van der Waals surface area contributed by atoms with Gasteiger partial charge in [0, 0.05) is 11.6 Å². The van der Waals surface area contributed by atoms with Gasteiger partial charge in [0.2, 0.25) is 5.91 Å². The van der Waals surface area contributed by atoms with Crippen molar-refractivity contribution in [3.05, 3.63) is 49.4 Å². The van der Waals surface area contributed by atoms with Crippen LogP contribution in [-0.2, 0) is 16.0 Å². The highest BCUT2D eigenvalue weighted by Crippen LogP contribution is 2.42. The van der Waals surface area contributed by atoms with Gasteiger partial charge in [-0.15, -0.1) is 0 Å². The maximum atomic E-state index is 12.3. The number of carboxylic acid groups (broad SMARTS) is 1. The maximum Gasteiger partial charge on any atom is 0.326 e. The van der Waals surface area contributed by atoms with Crippen LogP contribution in [0.3, 0.4) is 0 Å². The summed E-state index contributed by atoms with van der Waals surface area (Å²) in [5.74, 6) is -0.670. The number of rotatable bonds is 8. The summed E-state index contributed by atoms with van der Waals surface area (Å²) in [6.07, 6.45) is 0.0104. The van der Waals surface area contributed by atoms with Crippen LogP contribution >= 0.6 is 43.5 Å². The lowest BCUT2D eigenvalue weighted by Gasteiger charge is -2.18. The minimum absolute atomic E-state index is 0.0104. The molecule has 2 rings (SSSR count). The molecule has 0 aromatic heterocycles. The van der Waals surface area contributed by atoms with E-state index in [0.29, 0.717) is 31.6 Å². The van der Waals surface area contributed by atoms with Gasteiger partial charge in [-0.05, 0) is 67.5 Å². The molecule has 2 aromatic carbocycles. The topological polar surface area (TPSA) is 95.9 Å². The van der Waals surface area contributed by atoms with Crippen molar-refractivity contribution in [3.8, 4) is 17.2 Å². The first-order valence-corrected chi connectivity index (χ1v) is 11.6. The summed E-state index contributed by atoms with van der Waals surface area (Å²) >= 11 is 13.1. The quantitative estimate of drug-likeness (QED) is 0.345. The van der Waals surface area contributed by atoms with E-state index >= 15 is 0 Å². The Morgan fingerprint density at radius 1 is 1.10 bits per heavy atom. The number of carbonyl (C=O) groups excluding carboxylic acids is 1. The van der Waals surface area contributed by atoms with Gasteiger partial charge in [-0.3, -0.25) is 4.79 Å². The standard InChI is InChI=1S/C22H24Br2ClNO5/c1-10(2)14-8-13(9-17(25)20(14)28)31-21-15(23)5-12(6-16(21)24)7-18(27)26-19(11(3)4)22(29)30/h5-6,8-11,19,28H,7H2,1-4H3,(H,26,27)(H,29,30)/t19-/m0/s1. The summed E-state index contributed by atoms with van der Waals surface area (Å²) in [7, 11) is 0. The van der Waals surface area contributed by atoms with Crippen LogP contribution in [0.15, 0.2) is 33.2 Å². The SMILES string of the molecule is CC(C)c1cc(Oc2c(Br)cc(CC(=O)N[C@H](C(=O)O)C(C)C)cc2Br)cc(Cl)c1O. The molecule has 1 amide bonds. The molecule has 0 spiro atoms. The fourth-order valence-corrected chi connectivity index (χ4v) is 4.61. The van der Waals surface area contributed by atoms with E-state index in [4.69, 9.17) is 16.3 Å². The Morgan fingerprint density at radius 3 is 2.16 bits per heavy atom. The molecule has 1 atom stereocenters. The number of carbonyl (C=O) groups is 2. The molecule has 0 radical (unpaired) electrons. The average Bonchev–Trinajstić information content (AvgIpc) is 2.64. The molecular formula is C22H24Br2ClNO5. The maximum absolute atomic E-state index is 12.3. The summed E-state index contributed by atoms with van der Waals surface area (Å²) in [5, 5.41) is 22.1. The summed E-state index contributed by atoms with van der Waals surface area (Å²) < 4.78 is 7.18. The molecule has 0 saturated heterocycles. The lowest BCUT2D eigenvalue weighted by Crippen LogP contribution is -2.44. The van der Waals surface area contributed by atoms with E-state index in [9.17, 15) is 19.8 Å². The number of nitrogens with one attached hydrogen (secondary N) is 1. The van der Waals surface area contributed by atoms with Gasteiger partial charge in [-0.1, -0.05) is 39.3 Å². The molecule has 0 unspecified atom stereocenters. The Kier molecular flexibility index (Phi) is 8.80. The molecule has 0 saturated carbocycles. The fourth-order valence-electron chi connectivity index (χ4n) is 2.95. The molecule has 0 bridgehead atoms. The van der Waals surface area contributed by atoms with Crippen LogP contribution < -0.4 is 10.1 Å². The number of carboxylic acids is 1. The van der Waals surface area contributed by atoms with Crippen LogP contribution in [0.4, 0.5) is 0 Å². The van der Waals surface area contributed by atoms with Gasteiger partial charge in [0.05, 0.1) is 20.4 Å².